The summed E-state index contributed by atoms with van der Waals surface area (Å²) in [6.45, 7) is 0. The van der Waals surface area contributed by atoms with Gasteiger partial charge in [-0.25, -0.2) is 4.68 Å². The van der Waals surface area contributed by atoms with Crippen LogP contribution in [0.3, 0.4) is 0 Å². The first-order chi connectivity index (χ1) is 14.3. The van der Waals surface area contributed by atoms with Gasteiger partial charge < -0.3 is 5.32 Å². The van der Waals surface area contributed by atoms with Gasteiger partial charge in [0, 0.05) is 28.5 Å². The molecule has 2 aromatic carbocycles. The third-order valence-electron chi connectivity index (χ3n) is 4.96. The lowest BCUT2D eigenvalue weighted by Crippen LogP contribution is -2.17. The number of nitrogens with one attached hydrogen (secondary N) is 1. The highest BCUT2D eigenvalue weighted by Gasteiger charge is 2.28. The van der Waals surface area contributed by atoms with Gasteiger partial charge in [-0.3, -0.25) is 9.78 Å². The van der Waals surface area contributed by atoms with Crippen molar-refractivity contribution in [3.63, 3.8) is 0 Å². The van der Waals surface area contributed by atoms with Crippen molar-refractivity contribution in [1.82, 2.24) is 14.8 Å². The van der Waals surface area contributed by atoms with E-state index in [4.69, 9.17) is 5.10 Å². The molecule has 5 rings (SSSR count). The Morgan fingerprint density at radius 3 is 2.69 bits per heavy atom. The number of hydrogen-bond donors (Lipinski definition) is 1. The summed E-state index contributed by atoms with van der Waals surface area (Å²) >= 11 is 1.52. The first-order valence-electron chi connectivity index (χ1n) is 9.70. The predicted octanol–water partition coefficient (Wildman–Crippen LogP) is 5.03. The summed E-state index contributed by atoms with van der Waals surface area (Å²) in [5.41, 5.74) is 2.94. The number of nitrogens with zero attached hydrogens (tertiary/aromatic N) is 3. The highest BCUT2D eigenvalue weighted by molar-refractivity contribution is 8.00. The third-order valence-corrected chi connectivity index (χ3v) is 6.03. The molecule has 2 aromatic heterocycles. The molecule has 0 unspecified atom stereocenters. The van der Waals surface area contributed by atoms with Gasteiger partial charge in [0.1, 0.15) is 5.82 Å². The van der Waals surface area contributed by atoms with Gasteiger partial charge in [0.25, 0.3) is 0 Å². The van der Waals surface area contributed by atoms with Crippen LogP contribution in [-0.4, -0.2) is 26.4 Å². The second kappa shape index (κ2) is 7.72. The van der Waals surface area contributed by atoms with Crippen molar-refractivity contribution in [2.75, 3.05) is 11.1 Å². The summed E-state index contributed by atoms with van der Waals surface area (Å²) in [7, 11) is 0. The number of carbonyl (C=O) groups excluding carboxylic acids is 1. The standard InChI is InChI=1S/C23H20N4OS/c28-23(15-29-21-12-13-24-19-9-5-4-8-18(19)21)25-22-14-20(16-10-11-16)26-27(22)17-6-2-1-3-7-17/h1-9,12-14,16H,10-11,15H2,(H,25,28). The number of amides is 1. The van der Waals surface area contributed by atoms with Gasteiger partial charge in [-0.15, -0.1) is 11.8 Å². The maximum Gasteiger partial charge on any atom is 0.235 e. The lowest BCUT2D eigenvalue weighted by molar-refractivity contribution is -0.113. The summed E-state index contributed by atoms with van der Waals surface area (Å²) in [6.07, 6.45) is 4.13. The highest BCUT2D eigenvalue weighted by Crippen LogP contribution is 2.40. The molecule has 5 nitrogen and oxygen atoms in total. The number of rotatable bonds is 6. The minimum Gasteiger partial charge on any atom is -0.310 e. The molecule has 1 saturated carbocycles. The second-order valence-electron chi connectivity index (χ2n) is 7.14. The minimum atomic E-state index is -0.0460. The van der Waals surface area contributed by atoms with Crippen LogP contribution in [0, 0.1) is 0 Å². The topological polar surface area (TPSA) is 59.8 Å². The van der Waals surface area contributed by atoms with Gasteiger partial charge in [0.15, 0.2) is 0 Å². The molecule has 6 heteroatoms. The summed E-state index contributed by atoms with van der Waals surface area (Å²) in [5.74, 6) is 1.53. The fraction of sp³-hybridized carbons (Fsp3) is 0.174. The number of aromatic nitrogens is 3. The fourth-order valence-electron chi connectivity index (χ4n) is 3.35. The van der Waals surface area contributed by atoms with E-state index in [1.807, 2.05) is 71.4 Å². The molecule has 1 aliphatic carbocycles. The Labute approximate surface area is 173 Å². The van der Waals surface area contributed by atoms with E-state index in [0.717, 1.165) is 33.0 Å². The molecular weight excluding hydrogens is 380 g/mol. The number of anilines is 1. The Hall–Kier alpha value is -3.12. The van der Waals surface area contributed by atoms with E-state index >= 15 is 0 Å². The van der Waals surface area contributed by atoms with Gasteiger partial charge in [-0.2, -0.15) is 5.10 Å². The van der Waals surface area contributed by atoms with Crippen LogP contribution in [-0.2, 0) is 4.79 Å². The Kier molecular flexibility index (Phi) is 4.77. The molecule has 1 amide bonds. The van der Waals surface area contributed by atoms with Gasteiger partial charge in [0.2, 0.25) is 5.91 Å². The first-order valence-corrected chi connectivity index (χ1v) is 10.7. The van der Waals surface area contributed by atoms with E-state index in [1.54, 1.807) is 6.20 Å². The zero-order chi connectivity index (χ0) is 19.6. The van der Waals surface area contributed by atoms with Crippen LogP contribution in [0.4, 0.5) is 5.82 Å². The third kappa shape index (κ3) is 3.89. The lowest BCUT2D eigenvalue weighted by Gasteiger charge is -2.09. The van der Waals surface area contributed by atoms with Crippen molar-refractivity contribution in [1.29, 1.82) is 0 Å². The maximum absolute atomic E-state index is 12.7. The zero-order valence-corrected chi connectivity index (χ0v) is 16.6. The SMILES string of the molecule is O=C(CSc1ccnc2ccccc12)Nc1cc(C2CC2)nn1-c1ccccc1. The van der Waals surface area contributed by atoms with Crippen molar-refractivity contribution in [3.05, 3.63) is 78.6 Å². The quantitative estimate of drug-likeness (QED) is 0.461. The van der Waals surface area contributed by atoms with Crippen molar-refractivity contribution >= 4 is 34.4 Å². The highest BCUT2D eigenvalue weighted by atomic mass is 32.2. The van der Waals surface area contributed by atoms with E-state index in [0.29, 0.717) is 11.7 Å². The smallest absolute Gasteiger partial charge is 0.235 e. The average Bonchev–Trinajstić information content (AvgIpc) is 3.53. The monoisotopic (exact) mass is 400 g/mol. The fourth-order valence-corrected chi connectivity index (χ4v) is 4.19. The predicted molar refractivity (Wildman–Crippen MR) is 117 cm³/mol. The number of thioether (sulfide) groups is 1. The maximum atomic E-state index is 12.7. The molecular formula is C23H20N4OS. The van der Waals surface area contributed by atoms with Crippen molar-refractivity contribution < 1.29 is 4.79 Å². The minimum absolute atomic E-state index is 0.0460. The summed E-state index contributed by atoms with van der Waals surface area (Å²) < 4.78 is 1.83. The average molecular weight is 401 g/mol. The van der Waals surface area contributed by atoms with E-state index in [-0.39, 0.29) is 5.91 Å². The summed E-state index contributed by atoms with van der Waals surface area (Å²) in [6, 6.07) is 21.9. The number of hydrogen-bond acceptors (Lipinski definition) is 4. The first kappa shape index (κ1) is 17.9. The molecule has 0 radical (unpaired) electrons. The Morgan fingerprint density at radius 2 is 1.86 bits per heavy atom. The number of pyridine rings is 1. The van der Waals surface area contributed by atoms with Crippen LogP contribution in [0.2, 0.25) is 0 Å². The van der Waals surface area contributed by atoms with Gasteiger partial charge in [0.05, 0.1) is 22.7 Å². The summed E-state index contributed by atoms with van der Waals surface area (Å²) in [5, 5.41) is 8.86. The number of para-hydroxylation sites is 2. The van der Waals surface area contributed by atoms with Crippen LogP contribution in [0.1, 0.15) is 24.5 Å². The van der Waals surface area contributed by atoms with Crippen molar-refractivity contribution in [2.24, 2.45) is 0 Å². The molecule has 0 spiro atoms. The molecule has 0 saturated heterocycles. The largest absolute Gasteiger partial charge is 0.310 e. The molecule has 0 aliphatic heterocycles. The van der Waals surface area contributed by atoms with Gasteiger partial charge >= 0.3 is 0 Å². The number of benzene rings is 2. The van der Waals surface area contributed by atoms with E-state index < -0.39 is 0 Å². The van der Waals surface area contributed by atoms with Crippen LogP contribution in [0.5, 0.6) is 0 Å². The van der Waals surface area contributed by atoms with E-state index in [9.17, 15) is 4.79 Å². The summed E-state index contributed by atoms with van der Waals surface area (Å²) in [4.78, 5) is 18.1. The number of carbonyl (C=O) groups is 1. The van der Waals surface area contributed by atoms with E-state index in [1.165, 1.54) is 24.6 Å². The zero-order valence-electron chi connectivity index (χ0n) is 15.8. The second-order valence-corrected chi connectivity index (χ2v) is 8.16. The van der Waals surface area contributed by atoms with Crippen molar-refractivity contribution in [3.8, 4) is 5.69 Å². The molecule has 29 heavy (non-hydrogen) atoms. The Morgan fingerprint density at radius 1 is 1.07 bits per heavy atom. The normalized spacial score (nSPS) is 13.5. The van der Waals surface area contributed by atoms with Crippen LogP contribution in [0.15, 0.2) is 77.8 Å². The molecule has 0 bridgehead atoms. The molecule has 4 aromatic rings. The van der Waals surface area contributed by atoms with Crippen LogP contribution in [0.25, 0.3) is 16.6 Å². The van der Waals surface area contributed by atoms with E-state index in [2.05, 4.69) is 10.3 Å². The van der Waals surface area contributed by atoms with Crippen LogP contribution >= 0.6 is 11.8 Å². The van der Waals surface area contributed by atoms with Crippen molar-refractivity contribution in [2.45, 2.75) is 23.7 Å². The van der Waals surface area contributed by atoms with Gasteiger partial charge in [-0.05, 0) is 37.1 Å². The van der Waals surface area contributed by atoms with Gasteiger partial charge in [-0.1, -0.05) is 36.4 Å². The lowest BCUT2D eigenvalue weighted by atomic mass is 10.2. The Bertz CT molecular complexity index is 1160. The molecule has 1 N–H and O–H groups in total. The Balaban J connectivity index is 1.34. The van der Waals surface area contributed by atoms with Crippen LogP contribution < -0.4 is 5.32 Å². The molecule has 1 aliphatic rings. The molecule has 2 heterocycles. The molecule has 1 fully saturated rings. The number of fused-ring (bicyclic) bond motifs is 1. The molecule has 144 valence electrons. The molecule has 0 atom stereocenters.